The number of aliphatic carboxylic acids is 1. The predicted molar refractivity (Wildman–Crippen MR) is 178 cm³/mol. The second-order valence-corrected chi connectivity index (χ2v) is 13.2. The van der Waals surface area contributed by atoms with Crippen molar-refractivity contribution in [3.8, 4) is 11.1 Å². The highest BCUT2D eigenvalue weighted by Gasteiger charge is 2.30. The van der Waals surface area contributed by atoms with Crippen LogP contribution in [0.3, 0.4) is 0 Å². The molecule has 1 N–H and O–H groups in total. The lowest BCUT2D eigenvalue weighted by Crippen LogP contribution is -2.38. The maximum absolute atomic E-state index is 12.0. The zero-order valence-corrected chi connectivity index (χ0v) is 26.0. The van der Waals surface area contributed by atoms with Gasteiger partial charge in [-0.1, -0.05) is 50.2 Å². The van der Waals surface area contributed by atoms with E-state index < -0.39 is 5.97 Å². The highest BCUT2D eigenvalue weighted by molar-refractivity contribution is 6.03. The Morgan fingerprint density at radius 1 is 0.864 bits per heavy atom. The smallest absolute Gasteiger partial charge is 0.307 e. The maximum atomic E-state index is 12.0. The zero-order chi connectivity index (χ0) is 30.6. The first-order valence-corrected chi connectivity index (χ1v) is 15.7. The largest absolute Gasteiger partial charge is 0.481 e. The number of hydrogen-bond donors (Lipinski definition) is 1. The van der Waals surface area contributed by atoms with Crippen LogP contribution in [0.15, 0.2) is 60.8 Å². The molecule has 0 bridgehead atoms. The van der Waals surface area contributed by atoms with Crippen molar-refractivity contribution in [2.45, 2.75) is 59.9 Å². The van der Waals surface area contributed by atoms with Gasteiger partial charge in [-0.05, 0) is 73.4 Å². The number of carboxylic acids is 1. The Morgan fingerprint density at radius 3 is 2.39 bits per heavy atom. The van der Waals surface area contributed by atoms with Gasteiger partial charge in [0, 0.05) is 65.7 Å². The standard InChI is InChI=1S/C37H39N5O2/c1-23-30(21-32(43)44)36(41-18-14-37(3,4)15-19-41)33(24(2)39-23)28-9-10-29-22-42(17-13-27(29)20-28)31-12-11-26-8-7-25-6-5-16-38-34(25)35(26)40-31/h5-12,16,20H,13-15,17-19,21-22H2,1-4H3,(H,43,44). The number of fused-ring (bicyclic) bond motifs is 4. The van der Waals surface area contributed by atoms with E-state index in [1.165, 1.54) is 11.1 Å². The van der Waals surface area contributed by atoms with Crippen LogP contribution in [0.2, 0.25) is 0 Å². The highest BCUT2D eigenvalue weighted by atomic mass is 16.4. The molecule has 7 nitrogen and oxygen atoms in total. The summed E-state index contributed by atoms with van der Waals surface area (Å²) in [7, 11) is 0. The van der Waals surface area contributed by atoms with Crippen molar-refractivity contribution in [2.24, 2.45) is 5.41 Å². The number of pyridine rings is 3. The number of nitrogens with zero attached hydrogens (tertiary/aromatic N) is 5. The predicted octanol–water partition coefficient (Wildman–Crippen LogP) is 7.28. The van der Waals surface area contributed by atoms with E-state index in [0.29, 0.717) is 5.41 Å². The van der Waals surface area contributed by atoms with Crippen LogP contribution in [0.1, 0.15) is 54.8 Å². The lowest BCUT2D eigenvalue weighted by molar-refractivity contribution is -0.136. The molecule has 3 aromatic heterocycles. The Hall–Kier alpha value is -4.52. The van der Waals surface area contributed by atoms with E-state index in [1.807, 2.05) is 19.2 Å². The molecule has 2 aromatic carbocycles. The average molecular weight is 586 g/mol. The first-order valence-electron chi connectivity index (χ1n) is 15.7. The fourth-order valence-corrected chi connectivity index (χ4v) is 7.06. The molecule has 1 saturated heterocycles. The molecule has 7 rings (SSSR count). The minimum atomic E-state index is -0.820. The fraction of sp³-hybridized carbons (Fsp3) is 0.351. The molecule has 0 spiro atoms. The lowest BCUT2D eigenvalue weighted by Gasteiger charge is -2.40. The van der Waals surface area contributed by atoms with E-state index in [-0.39, 0.29) is 6.42 Å². The summed E-state index contributed by atoms with van der Waals surface area (Å²) >= 11 is 0. The van der Waals surface area contributed by atoms with Gasteiger partial charge in [0.25, 0.3) is 0 Å². The van der Waals surface area contributed by atoms with E-state index in [0.717, 1.165) is 107 Å². The summed E-state index contributed by atoms with van der Waals surface area (Å²) in [5, 5.41) is 12.1. The van der Waals surface area contributed by atoms with Crippen LogP contribution in [0.5, 0.6) is 0 Å². The molecular weight excluding hydrogens is 546 g/mol. The Bertz CT molecular complexity index is 1920. The van der Waals surface area contributed by atoms with Crippen molar-refractivity contribution in [1.29, 1.82) is 0 Å². The Labute approximate surface area is 258 Å². The van der Waals surface area contributed by atoms with Crippen LogP contribution in [-0.4, -0.2) is 45.7 Å². The molecule has 1 fully saturated rings. The molecule has 2 aliphatic heterocycles. The number of piperidine rings is 1. The number of carboxylic acid groups (broad SMARTS) is 1. The average Bonchev–Trinajstić information content (AvgIpc) is 3.01. The van der Waals surface area contributed by atoms with Crippen LogP contribution >= 0.6 is 0 Å². The highest BCUT2D eigenvalue weighted by Crippen LogP contribution is 2.42. The minimum Gasteiger partial charge on any atom is -0.481 e. The number of anilines is 2. The van der Waals surface area contributed by atoms with Gasteiger partial charge in [0.2, 0.25) is 0 Å². The van der Waals surface area contributed by atoms with Crippen molar-refractivity contribution in [3.63, 3.8) is 0 Å². The second kappa shape index (κ2) is 10.9. The molecule has 7 heteroatoms. The minimum absolute atomic E-state index is 0.0230. The van der Waals surface area contributed by atoms with Gasteiger partial charge in [-0.15, -0.1) is 0 Å². The van der Waals surface area contributed by atoms with Gasteiger partial charge in [0.1, 0.15) is 5.82 Å². The van der Waals surface area contributed by atoms with Crippen molar-refractivity contribution in [1.82, 2.24) is 15.0 Å². The van der Waals surface area contributed by atoms with Gasteiger partial charge in [0.05, 0.1) is 23.1 Å². The third-order valence-electron chi connectivity index (χ3n) is 9.67. The summed E-state index contributed by atoms with van der Waals surface area (Å²) in [6.45, 7) is 12.2. The van der Waals surface area contributed by atoms with Gasteiger partial charge in [-0.2, -0.15) is 0 Å². The lowest BCUT2D eigenvalue weighted by atomic mass is 9.82. The fourth-order valence-electron chi connectivity index (χ4n) is 7.06. The van der Waals surface area contributed by atoms with E-state index in [1.54, 1.807) is 0 Å². The first-order chi connectivity index (χ1) is 21.2. The van der Waals surface area contributed by atoms with Crippen LogP contribution in [0, 0.1) is 19.3 Å². The SMILES string of the molecule is Cc1nc(C)c(-c2ccc3c(c2)CCN(c2ccc4ccc5cccnc5c4n2)C3)c(N2CCC(C)(C)CC2)c1CC(=O)O. The molecule has 0 unspecified atom stereocenters. The van der Waals surface area contributed by atoms with E-state index in [2.05, 4.69) is 84.1 Å². The number of rotatable bonds is 5. The molecule has 0 radical (unpaired) electrons. The summed E-state index contributed by atoms with van der Waals surface area (Å²) in [6.07, 6.45) is 4.87. The number of aryl methyl sites for hydroxylation is 2. The summed E-state index contributed by atoms with van der Waals surface area (Å²) in [6, 6.07) is 19.3. The molecule has 0 saturated carbocycles. The topological polar surface area (TPSA) is 82.5 Å². The van der Waals surface area contributed by atoms with Gasteiger partial charge >= 0.3 is 5.97 Å². The maximum Gasteiger partial charge on any atom is 0.307 e. The van der Waals surface area contributed by atoms with Gasteiger partial charge in [0.15, 0.2) is 0 Å². The molecule has 5 heterocycles. The monoisotopic (exact) mass is 585 g/mol. The van der Waals surface area contributed by atoms with E-state index in [4.69, 9.17) is 9.97 Å². The van der Waals surface area contributed by atoms with Crippen molar-refractivity contribution in [3.05, 3.63) is 88.9 Å². The van der Waals surface area contributed by atoms with Crippen molar-refractivity contribution >= 4 is 39.3 Å². The third kappa shape index (κ3) is 5.14. The summed E-state index contributed by atoms with van der Waals surface area (Å²) in [5.41, 5.74) is 10.7. The summed E-state index contributed by atoms with van der Waals surface area (Å²) in [4.78, 5) is 31.4. The van der Waals surface area contributed by atoms with Gasteiger partial charge in [-0.25, -0.2) is 4.98 Å². The zero-order valence-electron chi connectivity index (χ0n) is 26.0. The Kier molecular flexibility index (Phi) is 6.99. The van der Waals surface area contributed by atoms with Gasteiger partial charge in [-0.3, -0.25) is 14.8 Å². The molecule has 0 amide bonds. The van der Waals surface area contributed by atoms with E-state index >= 15 is 0 Å². The molecule has 5 aromatic rings. The Morgan fingerprint density at radius 2 is 1.61 bits per heavy atom. The van der Waals surface area contributed by atoms with Crippen LogP contribution in [-0.2, 0) is 24.2 Å². The molecule has 2 aliphatic rings. The molecule has 0 atom stereocenters. The number of carbonyl (C=O) groups is 1. The van der Waals surface area contributed by atoms with Crippen LogP contribution in [0.25, 0.3) is 32.9 Å². The second-order valence-electron chi connectivity index (χ2n) is 13.2. The number of aromatic nitrogens is 3. The normalized spacial score (nSPS) is 16.4. The molecule has 0 aliphatic carbocycles. The Balaban J connectivity index is 1.24. The molecule has 224 valence electrons. The first kappa shape index (κ1) is 28.3. The third-order valence-corrected chi connectivity index (χ3v) is 9.67. The summed E-state index contributed by atoms with van der Waals surface area (Å²) in [5.74, 6) is 0.150. The molecular formula is C37H39N5O2. The van der Waals surface area contributed by atoms with Crippen molar-refractivity contribution < 1.29 is 9.90 Å². The van der Waals surface area contributed by atoms with E-state index in [9.17, 15) is 9.90 Å². The van der Waals surface area contributed by atoms with Gasteiger partial charge < -0.3 is 14.9 Å². The van der Waals surface area contributed by atoms with Crippen LogP contribution < -0.4 is 9.80 Å². The molecule has 44 heavy (non-hydrogen) atoms. The summed E-state index contributed by atoms with van der Waals surface area (Å²) < 4.78 is 0. The number of benzene rings is 2. The number of hydrogen-bond acceptors (Lipinski definition) is 6. The van der Waals surface area contributed by atoms with Crippen molar-refractivity contribution in [2.75, 3.05) is 29.4 Å². The van der Waals surface area contributed by atoms with Crippen LogP contribution in [0.4, 0.5) is 11.5 Å². The quantitative estimate of drug-likeness (QED) is 0.217.